The van der Waals surface area contributed by atoms with Crippen LogP contribution in [-0.4, -0.2) is 19.5 Å². The highest BCUT2D eigenvalue weighted by Crippen LogP contribution is 2.36. The summed E-state index contributed by atoms with van der Waals surface area (Å²) in [4.78, 5) is 0. The average molecular weight is 208 g/mol. The van der Waals surface area contributed by atoms with Crippen molar-refractivity contribution in [3.05, 3.63) is 42.0 Å². The maximum Gasteiger partial charge on any atom is 0.0822 e. The van der Waals surface area contributed by atoms with Gasteiger partial charge in [-0.2, -0.15) is 0 Å². The summed E-state index contributed by atoms with van der Waals surface area (Å²) in [5, 5.41) is 0. The maximum absolute atomic E-state index is 11.4. The molecule has 0 heterocycles. The topological polar surface area (TPSA) is 17.1 Å². The summed E-state index contributed by atoms with van der Waals surface area (Å²) in [5.41, 5.74) is 1.20. The van der Waals surface area contributed by atoms with E-state index in [4.69, 9.17) is 0 Å². The Hall–Kier alpha value is -0.810. The first-order chi connectivity index (χ1) is 6.58. The van der Waals surface area contributed by atoms with E-state index in [9.17, 15) is 4.57 Å². The van der Waals surface area contributed by atoms with Gasteiger partial charge in [-0.1, -0.05) is 42.5 Å². The molecule has 1 rings (SSSR count). The van der Waals surface area contributed by atoms with Gasteiger partial charge in [-0.15, -0.1) is 0 Å². The second-order valence-electron chi connectivity index (χ2n) is 3.90. The fraction of sp³-hybridized carbons (Fsp3) is 0.333. The molecule has 0 aliphatic heterocycles. The molecule has 1 aromatic rings. The molecule has 1 aromatic carbocycles. The van der Waals surface area contributed by atoms with Crippen molar-refractivity contribution in [2.75, 3.05) is 19.5 Å². The molecule has 76 valence electrons. The number of benzene rings is 1. The molecule has 0 amide bonds. The van der Waals surface area contributed by atoms with Crippen molar-refractivity contribution in [2.24, 2.45) is 0 Å². The Labute approximate surface area is 86.2 Å². The third-order valence-electron chi connectivity index (χ3n) is 1.94. The van der Waals surface area contributed by atoms with Crippen LogP contribution < -0.4 is 0 Å². The van der Waals surface area contributed by atoms with Crippen molar-refractivity contribution >= 4 is 13.2 Å². The van der Waals surface area contributed by atoms with Crippen LogP contribution in [0.5, 0.6) is 0 Å². The van der Waals surface area contributed by atoms with E-state index >= 15 is 0 Å². The molecule has 0 spiro atoms. The molecule has 0 saturated heterocycles. The highest BCUT2D eigenvalue weighted by Gasteiger charge is 2.03. The summed E-state index contributed by atoms with van der Waals surface area (Å²) in [6, 6.07) is 10.2. The normalized spacial score (nSPS) is 12.1. The van der Waals surface area contributed by atoms with Gasteiger partial charge in [0.1, 0.15) is 0 Å². The number of allylic oxidation sites excluding steroid dienone is 1. The number of hydrogen-bond acceptors (Lipinski definition) is 1. The minimum absolute atomic E-state index is 0.802. The second kappa shape index (κ2) is 5.17. The first-order valence-electron chi connectivity index (χ1n) is 4.83. The monoisotopic (exact) mass is 208 g/mol. The summed E-state index contributed by atoms with van der Waals surface area (Å²) >= 11 is 0. The summed E-state index contributed by atoms with van der Waals surface area (Å²) in [6.07, 6.45) is 5.88. The Morgan fingerprint density at radius 1 is 1.21 bits per heavy atom. The Morgan fingerprint density at radius 2 is 1.86 bits per heavy atom. The van der Waals surface area contributed by atoms with Gasteiger partial charge in [-0.25, -0.2) is 0 Å². The average Bonchev–Trinajstić information content (AvgIpc) is 2.13. The molecular formula is C12H17OP. The fourth-order valence-electron chi connectivity index (χ4n) is 1.17. The molecule has 0 aliphatic carbocycles. The van der Waals surface area contributed by atoms with E-state index in [2.05, 4.69) is 24.3 Å². The van der Waals surface area contributed by atoms with Gasteiger partial charge in [0.25, 0.3) is 0 Å². The molecular weight excluding hydrogens is 191 g/mol. The summed E-state index contributed by atoms with van der Waals surface area (Å²) < 4.78 is 11.4. The van der Waals surface area contributed by atoms with Crippen LogP contribution in [0.15, 0.2) is 36.4 Å². The standard InChI is InChI=1S/C12H17OP/c1-14(2,13)11-7-6-10-12-8-4-3-5-9-12/h3-6,8-10H,7,11H2,1-2H3. The van der Waals surface area contributed by atoms with Crippen LogP contribution in [-0.2, 0) is 4.57 Å². The van der Waals surface area contributed by atoms with Crippen molar-refractivity contribution in [2.45, 2.75) is 6.42 Å². The van der Waals surface area contributed by atoms with Gasteiger partial charge >= 0.3 is 0 Å². The Bertz CT molecular complexity index is 335. The Kier molecular flexibility index (Phi) is 4.16. The first kappa shape index (κ1) is 11.3. The quantitative estimate of drug-likeness (QED) is 0.689. The van der Waals surface area contributed by atoms with Gasteiger partial charge in [0.05, 0.1) is 7.14 Å². The van der Waals surface area contributed by atoms with Gasteiger partial charge in [0.15, 0.2) is 0 Å². The van der Waals surface area contributed by atoms with Crippen LogP contribution in [0.1, 0.15) is 12.0 Å². The Morgan fingerprint density at radius 3 is 2.43 bits per heavy atom. The lowest BCUT2D eigenvalue weighted by atomic mass is 10.2. The third kappa shape index (κ3) is 5.04. The summed E-state index contributed by atoms with van der Waals surface area (Å²) in [6.45, 7) is 3.67. The van der Waals surface area contributed by atoms with E-state index < -0.39 is 7.14 Å². The molecule has 0 aliphatic rings. The van der Waals surface area contributed by atoms with Crippen molar-refractivity contribution in [1.82, 2.24) is 0 Å². The predicted molar refractivity (Wildman–Crippen MR) is 64.4 cm³/mol. The van der Waals surface area contributed by atoms with Crippen LogP contribution in [0, 0.1) is 0 Å². The molecule has 0 atom stereocenters. The van der Waals surface area contributed by atoms with E-state index in [0.29, 0.717) is 0 Å². The van der Waals surface area contributed by atoms with Crippen LogP contribution in [0.25, 0.3) is 6.08 Å². The zero-order valence-corrected chi connectivity index (χ0v) is 9.71. The van der Waals surface area contributed by atoms with Gasteiger partial charge in [0.2, 0.25) is 0 Å². The molecule has 2 heteroatoms. The number of hydrogen-bond donors (Lipinski definition) is 0. The van der Waals surface area contributed by atoms with Crippen LogP contribution in [0.4, 0.5) is 0 Å². The largest absolute Gasteiger partial charge is 0.324 e. The second-order valence-corrected chi connectivity index (χ2v) is 7.49. The van der Waals surface area contributed by atoms with E-state index in [1.54, 1.807) is 0 Å². The van der Waals surface area contributed by atoms with Crippen molar-refractivity contribution < 1.29 is 4.57 Å². The highest BCUT2D eigenvalue weighted by molar-refractivity contribution is 7.62. The molecule has 0 radical (unpaired) electrons. The predicted octanol–water partition coefficient (Wildman–Crippen LogP) is 3.71. The highest BCUT2D eigenvalue weighted by atomic mass is 31.2. The van der Waals surface area contributed by atoms with Gasteiger partial charge in [-0.05, 0) is 25.3 Å². The molecule has 0 saturated carbocycles. The lowest BCUT2D eigenvalue weighted by molar-refractivity contribution is 0.582. The van der Waals surface area contributed by atoms with E-state index in [1.807, 2.05) is 31.5 Å². The van der Waals surface area contributed by atoms with Crippen LogP contribution in [0.2, 0.25) is 0 Å². The molecule has 14 heavy (non-hydrogen) atoms. The molecule has 0 aromatic heterocycles. The van der Waals surface area contributed by atoms with Crippen LogP contribution >= 0.6 is 7.14 Å². The van der Waals surface area contributed by atoms with E-state index in [0.717, 1.165) is 12.6 Å². The lowest BCUT2D eigenvalue weighted by Crippen LogP contribution is -1.82. The molecule has 0 unspecified atom stereocenters. The first-order valence-corrected chi connectivity index (χ1v) is 7.62. The van der Waals surface area contributed by atoms with E-state index in [1.165, 1.54) is 5.56 Å². The maximum atomic E-state index is 11.4. The SMILES string of the molecule is CP(C)(=O)CCC=Cc1ccccc1. The lowest BCUT2D eigenvalue weighted by Gasteiger charge is -2.01. The molecule has 1 nitrogen and oxygen atoms in total. The van der Waals surface area contributed by atoms with Crippen molar-refractivity contribution in [3.63, 3.8) is 0 Å². The minimum Gasteiger partial charge on any atom is -0.324 e. The smallest absolute Gasteiger partial charge is 0.0822 e. The zero-order valence-electron chi connectivity index (χ0n) is 8.81. The van der Waals surface area contributed by atoms with Gasteiger partial charge in [0, 0.05) is 6.16 Å². The third-order valence-corrected chi connectivity index (χ3v) is 3.28. The summed E-state index contributed by atoms with van der Waals surface area (Å²) in [5.74, 6) is 0. The fourth-order valence-corrected chi connectivity index (χ4v) is 1.94. The zero-order chi connectivity index (χ0) is 10.4. The summed E-state index contributed by atoms with van der Waals surface area (Å²) in [7, 11) is -1.84. The molecule has 0 N–H and O–H groups in total. The van der Waals surface area contributed by atoms with Crippen molar-refractivity contribution in [3.8, 4) is 0 Å². The van der Waals surface area contributed by atoms with E-state index in [-0.39, 0.29) is 0 Å². The molecule has 0 bridgehead atoms. The minimum atomic E-state index is -1.84. The van der Waals surface area contributed by atoms with Gasteiger partial charge in [-0.3, -0.25) is 0 Å². The van der Waals surface area contributed by atoms with Crippen molar-refractivity contribution in [1.29, 1.82) is 0 Å². The molecule has 0 fully saturated rings. The number of rotatable bonds is 4. The van der Waals surface area contributed by atoms with Crippen LogP contribution in [0.3, 0.4) is 0 Å². The van der Waals surface area contributed by atoms with Gasteiger partial charge < -0.3 is 4.57 Å². The Balaban J connectivity index is 2.39.